The first kappa shape index (κ1) is 18.3. The van der Waals surface area contributed by atoms with Crippen LogP contribution in [0.1, 0.15) is 12.0 Å². The van der Waals surface area contributed by atoms with Gasteiger partial charge < -0.3 is 4.74 Å². The van der Waals surface area contributed by atoms with Gasteiger partial charge in [-0.05, 0) is 42.7 Å². The molecule has 0 radical (unpaired) electrons. The van der Waals surface area contributed by atoms with E-state index < -0.39 is 0 Å². The summed E-state index contributed by atoms with van der Waals surface area (Å²) in [6, 6.07) is 16.0. The van der Waals surface area contributed by atoms with Crippen molar-refractivity contribution in [3.8, 4) is 5.75 Å². The van der Waals surface area contributed by atoms with Crippen molar-refractivity contribution >= 4 is 11.8 Å². The third-order valence-corrected chi connectivity index (χ3v) is 4.86. The summed E-state index contributed by atoms with van der Waals surface area (Å²) >= 11 is 1.52. The van der Waals surface area contributed by atoms with Crippen molar-refractivity contribution in [1.82, 2.24) is 14.8 Å². The van der Waals surface area contributed by atoms with Crippen LogP contribution in [-0.4, -0.2) is 27.1 Å². The normalized spacial score (nSPS) is 10.8. The van der Waals surface area contributed by atoms with Crippen LogP contribution < -0.4 is 10.4 Å². The van der Waals surface area contributed by atoms with E-state index >= 15 is 0 Å². The first-order valence-electron chi connectivity index (χ1n) is 8.42. The molecule has 5 nitrogen and oxygen atoms in total. The molecule has 3 rings (SSSR count). The number of aryl methyl sites for hydroxylation is 1. The number of aromatic amines is 1. The molecule has 1 aromatic heterocycles. The van der Waals surface area contributed by atoms with E-state index in [1.807, 2.05) is 30.3 Å². The van der Waals surface area contributed by atoms with Gasteiger partial charge in [0.1, 0.15) is 11.6 Å². The molecule has 2 aromatic carbocycles. The lowest BCUT2D eigenvalue weighted by molar-refractivity contribution is 0.318. The highest BCUT2D eigenvalue weighted by Crippen LogP contribution is 2.16. The summed E-state index contributed by atoms with van der Waals surface area (Å²) in [6.07, 6.45) is 1.57. The molecule has 0 aliphatic heterocycles. The lowest BCUT2D eigenvalue weighted by atomic mass is 10.1. The molecule has 136 valence electrons. The third kappa shape index (κ3) is 5.23. The van der Waals surface area contributed by atoms with E-state index in [1.54, 1.807) is 16.7 Å². The summed E-state index contributed by atoms with van der Waals surface area (Å²) in [5, 5.41) is 7.30. The number of rotatable bonds is 9. The van der Waals surface area contributed by atoms with Gasteiger partial charge in [0, 0.05) is 12.3 Å². The molecule has 0 unspecified atom stereocenters. The zero-order valence-corrected chi connectivity index (χ0v) is 15.0. The predicted octanol–water partition coefficient (Wildman–Crippen LogP) is 3.51. The monoisotopic (exact) mass is 373 g/mol. The molecule has 3 aromatic rings. The highest BCUT2D eigenvalue weighted by atomic mass is 32.2. The Bertz CT molecular complexity index is 862. The fourth-order valence-corrected chi connectivity index (χ4v) is 3.32. The largest absolute Gasteiger partial charge is 0.494 e. The number of ether oxygens (including phenoxy) is 1. The number of nitrogens with zero attached hydrogens (tertiary/aromatic N) is 2. The molecule has 0 atom stereocenters. The fourth-order valence-electron chi connectivity index (χ4n) is 2.44. The SMILES string of the molecule is O=c1[nH]nc(SCCCOc2ccc(F)cc2)n1CCc1ccccc1. The van der Waals surface area contributed by atoms with E-state index in [0.29, 0.717) is 24.1 Å². The maximum atomic E-state index is 12.8. The number of hydrogen-bond acceptors (Lipinski definition) is 4. The van der Waals surface area contributed by atoms with Crippen LogP contribution in [0.4, 0.5) is 4.39 Å². The van der Waals surface area contributed by atoms with Gasteiger partial charge >= 0.3 is 5.69 Å². The van der Waals surface area contributed by atoms with E-state index in [2.05, 4.69) is 10.2 Å². The lowest BCUT2D eigenvalue weighted by Gasteiger charge is -2.07. The molecular formula is C19H20FN3O2S. The second kappa shape index (κ2) is 9.24. The number of nitrogens with one attached hydrogen (secondary N) is 1. The Morgan fingerprint density at radius 3 is 2.65 bits per heavy atom. The van der Waals surface area contributed by atoms with E-state index in [4.69, 9.17) is 4.74 Å². The van der Waals surface area contributed by atoms with E-state index in [9.17, 15) is 9.18 Å². The Morgan fingerprint density at radius 1 is 1.12 bits per heavy atom. The Morgan fingerprint density at radius 2 is 1.88 bits per heavy atom. The fraction of sp³-hybridized carbons (Fsp3) is 0.263. The molecule has 7 heteroatoms. The smallest absolute Gasteiger partial charge is 0.343 e. The van der Waals surface area contributed by atoms with Crippen molar-refractivity contribution in [3.63, 3.8) is 0 Å². The number of benzene rings is 2. The second-order valence-electron chi connectivity index (χ2n) is 5.70. The number of hydrogen-bond donors (Lipinski definition) is 1. The molecule has 1 N–H and O–H groups in total. The summed E-state index contributed by atoms with van der Waals surface area (Å²) in [4.78, 5) is 11.9. The van der Waals surface area contributed by atoms with Crippen molar-refractivity contribution in [2.45, 2.75) is 24.5 Å². The zero-order chi connectivity index (χ0) is 18.2. The van der Waals surface area contributed by atoms with Gasteiger partial charge in [-0.25, -0.2) is 14.3 Å². The quantitative estimate of drug-likeness (QED) is 0.461. The predicted molar refractivity (Wildman–Crippen MR) is 100 cm³/mol. The summed E-state index contributed by atoms with van der Waals surface area (Å²) in [7, 11) is 0. The van der Waals surface area contributed by atoms with Crippen LogP contribution in [0.2, 0.25) is 0 Å². The van der Waals surface area contributed by atoms with Gasteiger partial charge in [0.05, 0.1) is 6.61 Å². The highest BCUT2D eigenvalue weighted by molar-refractivity contribution is 7.99. The molecule has 26 heavy (non-hydrogen) atoms. The third-order valence-electron chi connectivity index (χ3n) is 3.79. The van der Waals surface area contributed by atoms with Crippen LogP contribution in [-0.2, 0) is 13.0 Å². The molecule has 0 aliphatic carbocycles. The lowest BCUT2D eigenvalue weighted by Crippen LogP contribution is -2.19. The summed E-state index contributed by atoms with van der Waals surface area (Å²) < 4.78 is 20.1. The van der Waals surface area contributed by atoms with Gasteiger partial charge in [-0.2, -0.15) is 0 Å². The molecule has 0 spiro atoms. The average Bonchev–Trinajstić information content (AvgIpc) is 3.02. The molecule has 0 bridgehead atoms. The van der Waals surface area contributed by atoms with E-state index in [0.717, 1.165) is 18.6 Å². The van der Waals surface area contributed by atoms with Crippen LogP contribution in [0.15, 0.2) is 64.5 Å². The first-order chi connectivity index (χ1) is 12.7. The second-order valence-corrected chi connectivity index (χ2v) is 6.77. The summed E-state index contributed by atoms with van der Waals surface area (Å²) in [5.74, 6) is 1.15. The van der Waals surface area contributed by atoms with Gasteiger partial charge in [-0.15, -0.1) is 5.10 Å². The van der Waals surface area contributed by atoms with Crippen LogP contribution in [0.5, 0.6) is 5.75 Å². The van der Waals surface area contributed by atoms with Gasteiger partial charge in [-0.1, -0.05) is 42.1 Å². The van der Waals surface area contributed by atoms with Gasteiger partial charge in [-0.3, -0.25) is 4.57 Å². The minimum atomic E-state index is -0.278. The number of thioether (sulfide) groups is 1. The molecule has 0 aliphatic rings. The minimum absolute atomic E-state index is 0.189. The Kier molecular flexibility index (Phi) is 6.49. The molecule has 1 heterocycles. The zero-order valence-electron chi connectivity index (χ0n) is 14.2. The van der Waals surface area contributed by atoms with Crippen LogP contribution in [0, 0.1) is 5.82 Å². The van der Waals surface area contributed by atoms with Gasteiger partial charge in [0.2, 0.25) is 0 Å². The maximum Gasteiger partial charge on any atom is 0.343 e. The number of H-pyrrole nitrogens is 1. The highest BCUT2D eigenvalue weighted by Gasteiger charge is 2.09. The van der Waals surface area contributed by atoms with Gasteiger partial charge in [0.15, 0.2) is 5.16 Å². The van der Waals surface area contributed by atoms with Crippen molar-refractivity contribution in [1.29, 1.82) is 0 Å². The van der Waals surface area contributed by atoms with Crippen molar-refractivity contribution in [3.05, 3.63) is 76.5 Å². The van der Waals surface area contributed by atoms with Crippen molar-refractivity contribution in [2.75, 3.05) is 12.4 Å². The van der Waals surface area contributed by atoms with E-state index in [-0.39, 0.29) is 11.5 Å². The Labute approximate surface area is 155 Å². The number of aromatic nitrogens is 3. The first-order valence-corrected chi connectivity index (χ1v) is 9.41. The van der Waals surface area contributed by atoms with Crippen LogP contribution in [0.25, 0.3) is 0 Å². The molecule has 0 amide bonds. The number of halogens is 1. The van der Waals surface area contributed by atoms with Crippen molar-refractivity contribution < 1.29 is 9.13 Å². The maximum absolute atomic E-state index is 12.8. The molecule has 0 saturated heterocycles. The topological polar surface area (TPSA) is 59.9 Å². The van der Waals surface area contributed by atoms with Crippen LogP contribution in [0.3, 0.4) is 0 Å². The average molecular weight is 373 g/mol. The van der Waals surface area contributed by atoms with Gasteiger partial charge in [0.25, 0.3) is 0 Å². The Balaban J connectivity index is 1.44. The Hall–Kier alpha value is -2.54. The standard InChI is InChI=1S/C19H20FN3O2S/c20-16-7-9-17(10-8-16)25-13-4-14-26-19-22-21-18(24)23(19)12-11-15-5-2-1-3-6-15/h1-3,5-10H,4,11-14H2,(H,21,24). The molecular weight excluding hydrogens is 353 g/mol. The van der Waals surface area contributed by atoms with E-state index in [1.165, 1.54) is 29.5 Å². The summed E-state index contributed by atoms with van der Waals surface area (Å²) in [5.41, 5.74) is 0.996. The molecule has 0 saturated carbocycles. The molecule has 0 fully saturated rings. The minimum Gasteiger partial charge on any atom is -0.494 e. The summed E-state index contributed by atoms with van der Waals surface area (Å²) in [6.45, 7) is 1.12. The van der Waals surface area contributed by atoms with Crippen molar-refractivity contribution in [2.24, 2.45) is 0 Å². The van der Waals surface area contributed by atoms with Crippen LogP contribution >= 0.6 is 11.8 Å².